The summed E-state index contributed by atoms with van der Waals surface area (Å²) in [6, 6.07) is 0.419. The predicted octanol–water partition coefficient (Wildman–Crippen LogP) is 4.26. The first-order valence-corrected chi connectivity index (χ1v) is 9.26. The molecule has 1 atom stereocenters. The Bertz CT molecular complexity index is 411. The molecular formula is C17H30N2OS. The molecule has 0 saturated heterocycles. The lowest BCUT2D eigenvalue weighted by Gasteiger charge is -2.25. The number of nitrogens with one attached hydrogen (secondary N) is 1. The lowest BCUT2D eigenvalue weighted by atomic mass is 9.92. The maximum Gasteiger partial charge on any atom is 0.110 e. The van der Waals surface area contributed by atoms with Crippen LogP contribution in [0.2, 0.25) is 0 Å². The van der Waals surface area contributed by atoms with Gasteiger partial charge in [-0.25, -0.2) is 4.98 Å². The van der Waals surface area contributed by atoms with Crippen LogP contribution in [0.1, 0.15) is 67.1 Å². The summed E-state index contributed by atoms with van der Waals surface area (Å²) >= 11 is 1.89. The minimum atomic E-state index is 0.419. The summed E-state index contributed by atoms with van der Waals surface area (Å²) in [6.07, 6.45) is 9.26. The van der Waals surface area contributed by atoms with E-state index in [1.807, 2.05) is 11.3 Å². The molecule has 1 unspecified atom stereocenters. The monoisotopic (exact) mass is 310 g/mol. The molecule has 4 heteroatoms. The number of hydrogen-bond donors (Lipinski definition) is 1. The molecule has 0 bridgehead atoms. The van der Waals surface area contributed by atoms with Crippen LogP contribution in [-0.4, -0.2) is 25.2 Å². The molecule has 1 fully saturated rings. The van der Waals surface area contributed by atoms with Crippen LogP contribution >= 0.6 is 11.3 Å². The topological polar surface area (TPSA) is 34.2 Å². The summed E-state index contributed by atoms with van der Waals surface area (Å²) in [5.74, 6) is 0.736. The van der Waals surface area contributed by atoms with E-state index < -0.39 is 0 Å². The fraction of sp³-hybridized carbons (Fsp3) is 0.824. The van der Waals surface area contributed by atoms with Gasteiger partial charge in [-0.1, -0.05) is 32.6 Å². The zero-order valence-electron chi connectivity index (χ0n) is 13.8. The first-order valence-electron chi connectivity index (χ1n) is 8.44. The molecule has 1 heterocycles. The Morgan fingerprint density at radius 2 is 2.00 bits per heavy atom. The van der Waals surface area contributed by atoms with Gasteiger partial charge >= 0.3 is 0 Å². The van der Waals surface area contributed by atoms with Crippen LogP contribution in [-0.2, 0) is 11.2 Å². The molecule has 0 spiro atoms. The zero-order chi connectivity index (χ0) is 15.1. The molecule has 1 saturated carbocycles. The van der Waals surface area contributed by atoms with Crippen LogP contribution in [0.3, 0.4) is 0 Å². The first-order chi connectivity index (χ1) is 10.3. The van der Waals surface area contributed by atoms with Gasteiger partial charge in [0.15, 0.2) is 0 Å². The molecule has 120 valence electrons. The van der Waals surface area contributed by atoms with E-state index in [1.165, 1.54) is 54.1 Å². The Balaban J connectivity index is 2.12. The minimum Gasteiger partial charge on any atom is -0.383 e. The van der Waals surface area contributed by atoms with Gasteiger partial charge in [0.25, 0.3) is 0 Å². The number of methoxy groups -OCH3 is 1. The number of thiazole rings is 1. The van der Waals surface area contributed by atoms with Crippen molar-refractivity contribution in [2.75, 3.05) is 20.3 Å². The molecular weight excluding hydrogens is 280 g/mol. The molecule has 1 aromatic rings. The van der Waals surface area contributed by atoms with Gasteiger partial charge in [-0.2, -0.15) is 0 Å². The Labute approximate surface area is 133 Å². The van der Waals surface area contributed by atoms with Crippen molar-refractivity contribution in [1.29, 1.82) is 0 Å². The largest absolute Gasteiger partial charge is 0.383 e. The van der Waals surface area contributed by atoms with Crippen LogP contribution in [0.25, 0.3) is 0 Å². The minimum absolute atomic E-state index is 0.419. The van der Waals surface area contributed by atoms with Gasteiger partial charge in [-0.05, 0) is 32.1 Å². The van der Waals surface area contributed by atoms with Gasteiger partial charge in [-0.15, -0.1) is 11.3 Å². The quantitative estimate of drug-likeness (QED) is 0.603. The molecule has 0 amide bonds. The molecule has 21 heavy (non-hydrogen) atoms. The predicted molar refractivity (Wildman–Crippen MR) is 90.0 cm³/mol. The van der Waals surface area contributed by atoms with Crippen molar-refractivity contribution in [3.63, 3.8) is 0 Å². The zero-order valence-corrected chi connectivity index (χ0v) is 14.6. The van der Waals surface area contributed by atoms with Gasteiger partial charge in [0.2, 0.25) is 0 Å². The van der Waals surface area contributed by atoms with E-state index in [0.717, 1.165) is 25.5 Å². The van der Waals surface area contributed by atoms with Gasteiger partial charge in [0, 0.05) is 18.5 Å². The highest BCUT2D eigenvalue weighted by Crippen LogP contribution is 2.36. The van der Waals surface area contributed by atoms with Crippen LogP contribution in [0, 0.1) is 12.8 Å². The SMILES string of the molecule is CCc1nc(C(NCCOC)C2CCCCCC2)sc1C. The van der Waals surface area contributed by atoms with Crippen LogP contribution in [0.4, 0.5) is 0 Å². The van der Waals surface area contributed by atoms with Gasteiger partial charge in [0.1, 0.15) is 5.01 Å². The molecule has 1 N–H and O–H groups in total. The second-order valence-corrected chi connectivity index (χ2v) is 7.32. The van der Waals surface area contributed by atoms with Gasteiger partial charge in [0.05, 0.1) is 18.3 Å². The normalized spacial score (nSPS) is 18.6. The van der Waals surface area contributed by atoms with E-state index in [9.17, 15) is 0 Å². The third kappa shape index (κ3) is 4.76. The smallest absolute Gasteiger partial charge is 0.110 e. The third-order valence-corrected chi connectivity index (χ3v) is 5.65. The average molecular weight is 311 g/mol. The van der Waals surface area contributed by atoms with Crippen molar-refractivity contribution in [3.8, 4) is 0 Å². The Kier molecular flexibility index (Phi) is 7.14. The van der Waals surface area contributed by atoms with Crippen molar-refractivity contribution in [2.24, 2.45) is 5.92 Å². The van der Waals surface area contributed by atoms with Gasteiger partial charge in [-0.3, -0.25) is 0 Å². The van der Waals surface area contributed by atoms with Gasteiger partial charge < -0.3 is 10.1 Å². The summed E-state index contributed by atoms with van der Waals surface area (Å²) in [5, 5.41) is 5.02. The maximum atomic E-state index is 5.21. The van der Waals surface area contributed by atoms with Crippen LogP contribution in [0.15, 0.2) is 0 Å². The van der Waals surface area contributed by atoms with Crippen molar-refractivity contribution < 1.29 is 4.74 Å². The van der Waals surface area contributed by atoms with Crippen molar-refractivity contribution in [1.82, 2.24) is 10.3 Å². The number of rotatable bonds is 7. The van der Waals surface area contributed by atoms with E-state index >= 15 is 0 Å². The summed E-state index contributed by atoms with van der Waals surface area (Å²) in [5.41, 5.74) is 1.28. The van der Waals surface area contributed by atoms with Crippen LogP contribution < -0.4 is 5.32 Å². The number of ether oxygens (including phenoxy) is 1. The fourth-order valence-corrected chi connectivity index (χ4v) is 4.51. The number of nitrogens with zero attached hydrogens (tertiary/aromatic N) is 1. The highest BCUT2D eigenvalue weighted by Gasteiger charge is 2.26. The summed E-state index contributed by atoms with van der Waals surface area (Å²) < 4.78 is 5.21. The lowest BCUT2D eigenvalue weighted by molar-refractivity contribution is 0.188. The second kappa shape index (κ2) is 8.86. The molecule has 1 aliphatic carbocycles. The van der Waals surface area contributed by atoms with Crippen molar-refractivity contribution >= 4 is 11.3 Å². The van der Waals surface area contributed by atoms with E-state index in [1.54, 1.807) is 7.11 Å². The highest BCUT2D eigenvalue weighted by atomic mass is 32.1. The number of aromatic nitrogens is 1. The Hall–Kier alpha value is -0.450. The highest BCUT2D eigenvalue weighted by molar-refractivity contribution is 7.11. The number of hydrogen-bond acceptors (Lipinski definition) is 4. The fourth-order valence-electron chi connectivity index (χ4n) is 3.33. The summed E-state index contributed by atoms with van der Waals surface area (Å²) in [6.45, 7) is 6.09. The summed E-state index contributed by atoms with van der Waals surface area (Å²) in [4.78, 5) is 6.32. The Morgan fingerprint density at radius 3 is 2.57 bits per heavy atom. The molecule has 2 rings (SSSR count). The molecule has 0 aliphatic heterocycles. The maximum absolute atomic E-state index is 5.21. The summed E-state index contributed by atoms with van der Waals surface area (Å²) in [7, 11) is 1.77. The molecule has 0 aromatic carbocycles. The van der Waals surface area contributed by atoms with E-state index in [2.05, 4.69) is 19.2 Å². The van der Waals surface area contributed by atoms with Crippen molar-refractivity contribution in [3.05, 3.63) is 15.6 Å². The standard InChI is InChI=1S/C17H30N2OS/c1-4-15-13(2)21-17(19-15)16(18-11-12-20-3)14-9-7-5-6-8-10-14/h14,16,18H,4-12H2,1-3H3. The average Bonchev–Trinajstić information content (AvgIpc) is 2.69. The Morgan fingerprint density at radius 1 is 1.29 bits per heavy atom. The van der Waals surface area contributed by atoms with E-state index in [4.69, 9.17) is 9.72 Å². The third-order valence-electron chi connectivity index (χ3n) is 4.55. The first kappa shape index (κ1) is 16.9. The number of aryl methyl sites for hydroxylation is 2. The van der Waals surface area contributed by atoms with E-state index in [-0.39, 0.29) is 0 Å². The second-order valence-electron chi connectivity index (χ2n) is 6.08. The lowest BCUT2D eigenvalue weighted by Crippen LogP contribution is -2.31. The van der Waals surface area contributed by atoms with E-state index in [0.29, 0.717) is 6.04 Å². The molecule has 1 aromatic heterocycles. The van der Waals surface area contributed by atoms with Crippen molar-refractivity contribution in [2.45, 2.75) is 64.8 Å². The molecule has 3 nitrogen and oxygen atoms in total. The van der Waals surface area contributed by atoms with Crippen LogP contribution in [0.5, 0.6) is 0 Å². The molecule has 1 aliphatic rings. The molecule has 0 radical (unpaired) electrons.